The predicted octanol–water partition coefficient (Wildman–Crippen LogP) is -3.63. The number of hydrogen-bond acceptors (Lipinski definition) is 8. The lowest BCUT2D eigenvalue weighted by atomic mass is 10.1. The van der Waals surface area contributed by atoms with Crippen molar-refractivity contribution < 1.29 is 29.4 Å². The fourth-order valence-corrected chi connectivity index (χ4v) is 3.73. The maximum atomic E-state index is 12.9. The number of aliphatic hydroxyl groups excluding tert-OH is 1. The van der Waals surface area contributed by atoms with Crippen LogP contribution in [0.5, 0.6) is 0 Å². The van der Waals surface area contributed by atoms with Crippen LogP contribution in [0.2, 0.25) is 0 Å². The summed E-state index contributed by atoms with van der Waals surface area (Å²) in [5, 5.41) is 23.7. The Bertz CT molecular complexity index is 903. The van der Waals surface area contributed by atoms with Crippen molar-refractivity contribution in [2.45, 2.75) is 56.3 Å². The molecule has 35 heavy (non-hydrogen) atoms. The minimum Gasteiger partial charge on any atom is -0.480 e. The molecule has 3 amide bonds. The lowest BCUT2D eigenvalue weighted by Gasteiger charge is -2.28. The number of carbonyl (C=O) groups excluding carboxylic acids is 3. The second-order valence-electron chi connectivity index (χ2n) is 8.17. The highest BCUT2D eigenvalue weighted by atomic mass is 16.4. The van der Waals surface area contributed by atoms with Crippen molar-refractivity contribution in [1.29, 1.82) is 0 Å². The van der Waals surface area contributed by atoms with E-state index in [1.165, 1.54) is 11.2 Å². The molecule has 0 spiro atoms. The average molecular weight is 496 g/mol. The number of guanidine groups is 1. The first-order chi connectivity index (χ1) is 16.6. The van der Waals surface area contributed by atoms with Gasteiger partial charge in [-0.1, -0.05) is 0 Å². The molecule has 1 aliphatic rings. The van der Waals surface area contributed by atoms with Gasteiger partial charge < -0.3 is 47.9 Å². The fourth-order valence-electron chi connectivity index (χ4n) is 3.73. The highest BCUT2D eigenvalue weighted by Crippen LogP contribution is 2.19. The van der Waals surface area contributed by atoms with E-state index in [1.54, 1.807) is 6.20 Å². The Balaban J connectivity index is 1.95. The van der Waals surface area contributed by atoms with Crippen molar-refractivity contribution in [3.63, 3.8) is 0 Å². The summed E-state index contributed by atoms with van der Waals surface area (Å²) in [6.07, 6.45) is 4.47. The molecule has 1 aromatic heterocycles. The number of nitrogens with two attached hydrogens (primary N) is 3. The lowest BCUT2D eigenvalue weighted by molar-refractivity contribution is -0.143. The Labute approximate surface area is 201 Å². The zero-order chi connectivity index (χ0) is 26.0. The molecule has 0 saturated carbocycles. The van der Waals surface area contributed by atoms with E-state index in [2.05, 4.69) is 25.6 Å². The number of rotatable bonds is 13. The van der Waals surface area contributed by atoms with Gasteiger partial charge in [-0.05, 0) is 25.7 Å². The molecule has 0 aromatic carbocycles. The summed E-state index contributed by atoms with van der Waals surface area (Å²) in [7, 11) is 0. The molecule has 15 heteroatoms. The van der Waals surface area contributed by atoms with Gasteiger partial charge in [-0.3, -0.25) is 19.4 Å². The van der Waals surface area contributed by atoms with Crippen LogP contribution in [0.3, 0.4) is 0 Å². The summed E-state index contributed by atoms with van der Waals surface area (Å²) in [5.41, 5.74) is 17.1. The summed E-state index contributed by atoms with van der Waals surface area (Å²) < 4.78 is 0. The maximum absolute atomic E-state index is 12.9. The highest BCUT2D eigenvalue weighted by molar-refractivity contribution is 5.94. The van der Waals surface area contributed by atoms with E-state index in [4.69, 9.17) is 17.2 Å². The molecule has 4 atom stereocenters. The van der Waals surface area contributed by atoms with Crippen LogP contribution in [0, 0.1) is 0 Å². The summed E-state index contributed by atoms with van der Waals surface area (Å²) in [6, 6.07) is -4.44. The van der Waals surface area contributed by atoms with Crippen molar-refractivity contribution in [3.05, 3.63) is 18.2 Å². The summed E-state index contributed by atoms with van der Waals surface area (Å²) >= 11 is 0. The number of nitrogens with one attached hydrogen (secondary N) is 3. The smallest absolute Gasteiger partial charge is 0.326 e. The molecule has 11 N–H and O–H groups in total. The molecule has 194 valence electrons. The Morgan fingerprint density at radius 2 is 2.00 bits per heavy atom. The van der Waals surface area contributed by atoms with Crippen LogP contribution >= 0.6 is 0 Å². The van der Waals surface area contributed by atoms with Crippen molar-refractivity contribution in [2.75, 3.05) is 19.7 Å². The molecule has 2 rings (SSSR count). The van der Waals surface area contributed by atoms with Crippen LogP contribution in [-0.2, 0) is 25.6 Å². The third-order valence-electron chi connectivity index (χ3n) is 5.53. The topological polar surface area (TPSA) is 255 Å². The number of amides is 3. The Kier molecular flexibility index (Phi) is 10.4. The predicted molar refractivity (Wildman–Crippen MR) is 123 cm³/mol. The van der Waals surface area contributed by atoms with Crippen molar-refractivity contribution in [2.24, 2.45) is 22.2 Å². The summed E-state index contributed by atoms with van der Waals surface area (Å²) in [6.45, 7) is -0.269. The third kappa shape index (κ3) is 8.22. The van der Waals surface area contributed by atoms with E-state index in [0.717, 1.165) is 0 Å². The number of carboxylic acid groups (broad SMARTS) is 1. The summed E-state index contributed by atoms with van der Waals surface area (Å²) in [4.78, 5) is 61.6. The minimum absolute atomic E-state index is 0.0308. The van der Waals surface area contributed by atoms with Crippen molar-refractivity contribution in [3.8, 4) is 0 Å². The van der Waals surface area contributed by atoms with Gasteiger partial charge in [-0.2, -0.15) is 0 Å². The number of aromatic amines is 1. The lowest BCUT2D eigenvalue weighted by Crippen LogP contribution is -2.57. The van der Waals surface area contributed by atoms with Crippen LogP contribution < -0.4 is 27.8 Å². The largest absolute Gasteiger partial charge is 0.480 e. The first-order valence-electron chi connectivity index (χ1n) is 11.2. The summed E-state index contributed by atoms with van der Waals surface area (Å²) in [5.74, 6) is -3.36. The van der Waals surface area contributed by atoms with Crippen molar-refractivity contribution >= 4 is 29.7 Å². The SMILES string of the molecule is NC(N)=NCCCC(NC(=O)C(CO)NC(=O)C1CCCN1C(=O)C(N)Cc1cnc[nH]1)C(=O)O. The molecule has 1 aromatic rings. The number of aliphatic imine (C=N–C) groups is 1. The van der Waals surface area contributed by atoms with E-state index in [1.807, 2.05) is 0 Å². The first kappa shape index (κ1) is 27.5. The number of aromatic nitrogens is 2. The Morgan fingerprint density at radius 1 is 1.26 bits per heavy atom. The number of carboxylic acids is 1. The number of H-pyrrole nitrogens is 1. The normalized spacial score (nSPS) is 17.8. The average Bonchev–Trinajstić information content (AvgIpc) is 3.50. The minimum atomic E-state index is -1.40. The maximum Gasteiger partial charge on any atom is 0.326 e. The van der Waals surface area contributed by atoms with Crippen LogP contribution in [0.15, 0.2) is 17.5 Å². The van der Waals surface area contributed by atoms with Gasteiger partial charge in [0.15, 0.2) is 5.96 Å². The zero-order valence-corrected chi connectivity index (χ0v) is 19.2. The molecule has 1 aliphatic heterocycles. The monoisotopic (exact) mass is 495 g/mol. The molecule has 0 aliphatic carbocycles. The fraction of sp³-hybridized carbons (Fsp3) is 0.600. The van der Waals surface area contributed by atoms with Crippen LogP contribution in [0.25, 0.3) is 0 Å². The molecular formula is C20H33N9O6. The molecule has 4 unspecified atom stereocenters. The van der Waals surface area contributed by atoms with E-state index in [-0.39, 0.29) is 31.8 Å². The second kappa shape index (κ2) is 13.2. The van der Waals surface area contributed by atoms with Gasteiger partial charge in [-0.15, -0.1) is 0 Å². The zero-order valence-electron chi connectivity index (χ0n) is 19.2. The molecular weight excluding hydrogens is 462 g/mol. The number of aliphatic carboxylic acids is 1. The first-order valence-corrected chi connectivity index (χ1v) is 11.2. The van der Waals surface area contributed by atoms with E-state index in [9.17, 15) is 29.4 Å². The van der Waals surface area contributed by atoms with Gasteiger partial charge in [0.2, 0.25) is 17.7 Å². The van der Waals surface area contributed by atoms with Crippen LogP contribution in [0.1, 0.15) is 31.4 Å². The van der Waals surface area contributed by atoms with E-state index < -0.39 is 54.5 Å². The number of likely N-dealkylation sites (tertiary alicyclic amines) is 1. The Hall–Kier alpha value is -3.72. The molecule has 0 bridgehead atoms. The van der Waals surface area contributed by atoms with Gasteiger partial charge in [-0.25, -0.2) is 9.78 Å². The Morgan fingerprint density at radius 3 is 2.60 bits per heavy atom. The quantitative estimate of drug-likeness (QED) is 0.0756. The number of imidazole rings is 1. The number of aliphatic hydroxyl groups is 1. The van der Waals surface area contributed by atoms with E-state index in [0.29, 0.717) is 25.1 Å². The standard InChI is InChI=1S/C20H33N9O6/c21-12(7-11-8-24-10-26-11)18(33)29-6-2-4-15(29)17(32)28-14(9-30)16(31)27-13(19(34)35)3-1-5-25-20(22)23/h8,10,12-15,30H,1-7,9,21H2,(H,24,26)(H,27,31)(H,28,32)(H,34,35)(H4,22,23,25). The number of hydrogen-bond donors (Lipinski definition) is 8. The van der Waals surface area contributed by atoms with Crippen LogP contribution in [0.4, 0.5) is 0 Å². The second-order valence-corrected chi connectivity index (χ2v) is 8.17. The molecule has 2 heterocycles. The van der Waals surface area contributed by atoms with Crippen LogP contribution in [-0.4, -0.2) is 98.6 Å². The number of carbonyl (C=O) groups is 4. The molecule has 1 fully saturated rings. The molecule has 15 nitrogen and oxygen atoms in total. The molecule has 1 saturated heterocycles. The molecule has 0 radical (unpaired) electrons. The van der Waals surface area contributed by atoms with Gasteiger partial charge in [0, 0.05) is 31.4 Å². The third-order valence-corrected chi connectivity index (χ3v) is 5.53. The van der Waals surface area contributed by atoms with Crippen molar-refractivity contribution in [1.82, 2.24) is 25.5 Å². The highest BCUT2D eigenvalue weighted by Gasteiger charge is 2.38. The van der Waals surface area contributed by atoms with Gasteiger partial charge in [0.1, 0.15) is 18.1 Å². The van der Waals surface area contributed by atoms with Gasteiger partial charge >= 0.3 is 5.97 Å². The van der Waals surface area contributed by atoms with Gasteiger partial charge in [0.05, 0.1) is 19.0 Å². The number of nitrogens with zero attached hydrogens (tertiary/aromatic N) is 3. The van der Waals surface area contributed by atoms with Gasteiger partial charge in [0.25, 0.3) is 0 Å². The van der Waals surface area contributed by atoms with E-state index >= 15 is 0 Å².